The molecule has 2 aromatic rings. The van der Waals surface area contributed by atoms with Crippen LogP contribution in [0, 0.1) is 11.8 Å². The maximum Gasteiger partial charge on any atom is 0.573 e. The highest BCUT2D eigenvalue weighted by Crippen LogP contribution is 2.28. The molecule has 158 valence electrons. The van der Waals surface area contributed by atoms with E-state index in [1.807, 2.05) is 4.90 Å². The van der Waals surface area contributed by atoms with E-state index in [2.05, 4.69) is 34.1 Å². The number of rotatable bonds is 5. The lowest BCUT2D eigenvalue weighted by Gasteiger charge is -2.36. The maximum absolute atomic E-state index is 12.8. The fourth-order valence-electron chi connectivity index (χ4n) is 3.51. The van der Waals surface area contributed by atoms with Gasteiger partial charge in [0, 0.05) is 13.1 Å². The van der Waals surface area contributed by atoms with Crippen LogP contribution in [0.5, 0.6) is 5.75 Å². The molecule has 1 aliphatic rings. The van der Waals surface area contributed by atoms with E-state index in [4.69, 9.17) is 0 Å². The summed E-state index contributed by atoms with van der Waals surface area (Å²) < 4.78 is 42.2. The van der Waals surface area contributed by atoms with Crippen molar-refractivity contribution in [3.8, 4) is 11.4 Å². The van der Waals surface area contributed by atoms with Gasteiger partial charge in [-0.25, -0.2) is 0 Å². The standard InChI is InChI=1S/C18H22F3N5O2S/c1-11-8-12(2)10-25(9-11)16(27)13(3)29-17-22-23-24-26(17)14-4-6-15(7-5-14)28-18(19,20)21/h4-7,11-13H,8-10H2,1-3H3/t11-,12-,13+/m1/s1. The number of likely N-dealkylation sites (tertiary alicyclic amines) is 1. The first kappa shape index (κ1) is 21.4. The molecule has 1 fully saturated rings. The molecule has 0 spiro atoms. The minimum absolute atomic E-state index is 0.0249. The van der Waals surface area contributed by atoms with Crippen molar-refractivity contribution in [1.29, 1.82) is 0 Å². The molecule has 0 aliphatic carbocycles. The average Bonchev–Trinajstić information content (AvgIpc) is 3.07. The second-order valence-electron chi connectivity index (χ2n) is 7.36. The summed E-state index contributed by atoms with van der Waals surface area (Å²) in [7, 11) is 0. The molecule has 1 saturated heterocycles. The fraction of sp³-hybridized carbons (Fsp3) is 0.556. The van der Waals surface area contributed by atoms with Crippen LogP contribution in [0.2, 0.25) is 0 Å². The van der Waals surface area contributed by atoms with E-state index in [-0.39, 0.29) is 11.7 Å². The van der Waals surface area contributed by atoms with Crippen LogP contribution in [0.15, 0.2) is 29.4 Å². The molecule has 1 aliphatic heterocycles. The van der Waals surface area contributed by atoms with Gasteiger partial charge in [-0.1, -0.05) is 25.6 Å². The summed E-state index contributed by atoms with van der Waals surface area (Å²) in [4.78, 5) is 14.7. The van der Waals surface area contributed by atoms with E-state index >= 15 is 0 Å². The van der Waals surface area contributed by atoms with Crippen molar-refractivity contribution in [2.24, 2.45) is 11.8 Å². The zero-order valence-electron chi connectivity index (χ0n) is 16.3. The van der Waals surface area contributed by atoms with Crippen LogP contribution in [0.25, 0.3) is 5.69 Å². The molecular weight excluding hydrogens is 407 g/mol. The number of carbonyl (C=O) groups excluding carboxylic acids is 1. The van der Waals surface area contributed by atoms with Gasteiger partial charge in [0.1, 0.15) is 5.75 Å². The van der Waals surface area contributed by atoms with E-state index in [0.717, 1.165) is 19.5 Å². The Labute approximate surface area is 170 Å². The van der Waals surface area contributed by atoms with Gasteiger partial charge >= 0.3 is 6.36 Å². The molecule has 1 aromatic heterocycles. The summed E-state index contributed by atoms with van der Waals surface area (Å²) in [5.74, 6) is 0.614. The predicted molar refractivity (Wildman–Crippen MR) is 101 cm³/mol. The molecule has 0 N–H and O–H groups in total. The summed E-state index contributed by atoms with van der Waals surface area (Å²) in [5.41, 5.74) is 0.465. The first-order chi connectivity index (χ1) is 13.6. The Balaban J connectivity index is 1.69. The molecule has 29 heavy (non-hydrogen) atoms. The van der Waals surface area contributed by atoms with E-state index in [1.54, 1.807) is 6.92 Å². The second-order valence-corrected chi connectivity index (χ2v) is 8.67. The number of benzene rings is 1. The van der Waals surface area contributed by atoms with Crippen LogP contribution in [0.3, 0.4) is 0 Å². The number of ether oxygens (including phenoxy) is 1. The molecule has 7 nitrogen and oxygen atoms in total. The van der Waals surface area contributed by atoms with Gasteiger partial charge in [0.2, 0.25) is 11.1 Å². The maximum atomic E-state index is 12.8. The van der Waals surface area contributed by atoms with E-state index < -0.39 is 11.6 Å². The van der Waals surface area contributed by atoms with Gasteiger partial charge < -0.3 is 9.64 Å². The minimum atomic E-state index is -4.75. The van der Waals surface area contributed by atoms with E-state index in [9.17, 15) is 18.0 Å². The summed E-state index contributed by atoms with van der Waals surface area (Å²) in [6.07, 6.45) is -3.64. The smallest absolute Gasteiger partial charge is 0.406 e. The molecule has 0 saturated carbocycles. The number of nitrogens with zero attached hydrogens (tertiary/aromatic N) is 5. The van der Waals surface area contributed by atoms with Crippen LogP contribution in [-0.2, 0) is 4.79 Å². The van der Waals surface area contributed by atoms with Crippen molar-refractivity contribution in [1.82, 2.24) is 25.1 Å². The third kappa shape index (κ3) is 5.62. The van der Waals surface area contributed by atoms with E-state index in [0.29, 0.717) is 22.7 Å². The van der Waals surface area contributed by atoms with Crippen LogP contribution in [0.1, 0.15) is 27.2 Å². The highest BCUT2D eigenvalue weighted by molar-refractivity contribution is 8.00. The summed E-state index contributed by atoms with van der Waals surface area (Å²) in [6, 6.07) is 5.21. The minimum Gasteiger partial charge on any atom is -0.406 e. The lowest BCUT2D eigenvalue weighted by atomic mass is 9.92. The molecule has 0 unspecified atom stereocenters. The summed E-state index contributed by atoms with van der Waals surface area (Å²) in [5, 5.41) is 11.5. The zero-order valence-corrected chi connectivity index (χ0v) is 17.1. The van der Waals surface area contributed by atoms with Crippen LogP contribution in [0.4, 0.5) is 13.2 Å². The Morgan fingerprint density at radius 1 is 1.21 bits per heavy atom. The number of amides is 1. The van der Waals surface area contributed by atoms with Crippen molar-refractivity contribution in [3.05, 3.63) is 24.3 Å². The SMILES string of the molecule is C[C@@H]1C[C@@H](C)CN(C(=O)[C@H](C)Sc2nnnn2-c2ccc(OC(F)(F)F)cc2)C1. The summed E-state index contributed by atoms with van der Waals surface area (Å²) in [6.45, 7) is 7.55. The molecule has 0 bridgehead atoms. The molecule has 1 amide bonds. The lowest BCUT2D eigenvalue weighted by Crippen LogP contribution is -2.45. The normalized spacial score (nSPS) is 21.1. The Hall–Kier alpha value is -2.30. The largest absolute Gasteiger partial charge is 0.573 e. The fourth-order valence-corrected chi connectivity index (χ4v) is 4.40. The number of hydrogen-bond acceptors (Lipinski definition) is 6. The van der Waals surface area contributed by atoms with Crippen LogP contribution < -0.4 is 4.74 Å². The molecule has 2 heterocycles. The molecular formula is C18H22F3N5O2S. The highest BCUT2D eigenvalue weighted by Gasteiger charge is 2.31. The number of piperidine rings is 1. The monoisotopic (exact) mass is 429 g/mol. The van der Waals surface area contributed by atoms with Gasteiger partial charge in [-0.15, -0.1) is 18.3 Å². The molecule has 1 aromatic carbocycles. The molecule has 3 atom stereocenters. The number of thioether (sulfide) groups is 1. The second kappa shape index (κ2) is 8.60. The Morgan fingerprint density at radius 2 is 1.83 bits per heavy atom. The first-order valence-corrected chi connectivity index (χ1v) is 10.1. The Kier molecular flexibility index (Phi) is 6.35. The zero-order chi connectivity index (χ0) is 21.2. The van der Waals surface area contributed by atoms with Gasteiger partial charge in [-0.2, -0.15) is 4.68 Å². The summed E-state index contributed by atoms with van der Waals surface area (Å²) >= 11 is 1.21. The van der Waals surface area contributed by atoms with Crippen LogP contribution in [-0.4, -0.2) is 55.7 Å². The van der Waals surface area contributed by atoms with Crippen LogP contribution >= 0.6 is 11.8 Å². The van der Waals surface area contributed by atoms with Gasteiger partial charge in [0.05, 0.1) is 10.9 Å². The number of carbonyl (C=O) groups is 1. The van der Waals surface area contributed by atoms with Gasteiger partial charge in [0.25, 0.3) is 0 Å². The molecule has 3 rings (SSSR count). The highest BCUT2D eigenvalue weighted by atomic mass is 32.2. The van der Waals surface area contributed by atoms with Crippen molar-refractivity contribution < 1.29 is 22.7 Å². The lowest BCUT2D eigenvalue weighted by molar-refractivity contribution is -0.274. The number of halogens is 3. The third-order valence-electron chi connectivity index (χ3n) is 4.57. The van der Waals surface area contributed by atoms with Crippen molar-refractivity contribution in [2.45, 2.75) is 44.0 Å². The van der Waals surface area contributed by atoms with Crippen molar-refractivity contribution in [3.63, 3.8) is 0 Å². The molecule has 0 radical (unpaired) electrons. The van der Waals surface area contributed by atoms with Crippen molar-refractivity contribution >= 4 is 17.7 Å². The van der Waals surface area contributed by atoms with Gasteiger partial charge in [-0.3, -0.25) is 4.79 Å². The third-order valence-corrected chi connectivity index (χ3v) is 5.59. The number of aromatic nitrogens is 4. The Bertz CT molecular complexity index is 833. The predicted octanol–water partition coefficient (Wildman–Crippen LogP) is 3.55. The van der Waals surface area contributed by atoms with Gasteiger partial charge in [0.15, 0.2) is 0 Å². The molecule has 11 heteroatoms. The number of hydrogen-bond donors (Lipinski definition) is 0. The first-order valence-electron chi connectivity index (χ1n) is 9.22. The van der Waals surface area contributed by atoms with Crippen molar-refractivity contribution in [2.75, 3.05) is 13.1 Å². The topological polar surface area (TPSA) is 73.1 Å². The Morgan fingerprint density at radius 3 is 2.41 bits per heavy atom. The average molecular weight is 429 g/mol. The number of tetrazole rings is 1. The number of alkyl halides is 3. The quantitative estimate of drug-likeness (QED) is 0.677. The van der Waals surface area contributed by atoms with Gasteiger partial charge in [-0.05, 0) is 59.9 Å². The van der Waals surface area contributed by atoms with E-state index in [1.165, 1.54) is 40.7 Å².